The molecule has 0 amide bonds. The van der Waals surface area contributed by atoms with Crippen LogP contribution in [-0.2, 0) is 6.42 Å². The number of para-hydroxylation sites is 1. The van der Waals surface area contributed by atoms with E-state index in [0.717, 1.165) is 46.8 Å². The molecular formula is C26H23N5O. The molecule has 4 aromatic heterocycles. The molecule has 2 N–H and O–H groups in total. The average molecular weight is 422 g/mol. The molecule has 0 fully saturated rings. The number of aromatic nitrogens is 4. The molecule has 0 aliphatic carbocycles. The Kier molecular flexibility index (Phi) is 5.49. The third-order valence-electron chi connectivity index (χ3n) is 5.41. The maximum atomic E-state index is 5.35. The summed E-state index contributed by atoms with van der Waals surface area (Å²) in [6.45, 7) is 0.760. The summed E-state index contributed by atoms with van der Waals surface area (Å²) < 4.78 is 5.35. The predicted molar refractivity (Wildman–Crippen MR) is 128 cm³/mol. The molecule has 4 heterocycles. The zero-order chi connectivity index (χ0) is 21.8. The highest BCUT2D eigenvalue weighted by molar-refractivity contribution is 5.83. The van der Waals surface area contributed by atoms with Crippen LogP contribution in [0.15, 0.2) is 85.5 Å². The molecule has 0 saturated carbocycles. The van der Waals surface area contributed by atoms with Crippen LogP contribution in [0.2, 0.25) is 0 Å². The van der Waals surface area contributed by atoms with E-state index in [1.54, 1.807) is 19.5 Å². The third-order valence-corrected chi connectivity index (χ3v) is 5.41. The van der Waals surface area contributed by atoms with Crippen molar-refractivity contribution < 1.29 is 4.74 Å². The fourth-order valence-electron chi connectivity index (χ4n) is 3.79. The third kappa shape index (κ3) is 4.16. The summed E-state index contributed by atoms with van der Waals surface area (Å²) in [5.74, 6) is 1.51. The van der Waals surface area contributed by atoms with E-state index in [4.69, 9.17) is 9.72 Å². The van der Waals surface area contributed by atoms with Crippen molar-refractivity contribution in [3.8, 4) is 28.3 Å². The summed E-state index contributed by atoms with van der Waals surface area (Å²) >= 11 is 0. The van der Waals surface area contributed by atoms with Gasteiger partial charge in [-0.15, -0.1) is 0 Å². The van der Waals surface area contributed by atoms with Crippen LogP contribution in [0.4, 0.5) is 5.82 Å². The van der Waals surface area contributed by atoms with Gasteiger partial charge in [0, 0.05) is 41.6 Å². The number of H-pyrrole nitrogens is 1. The number of methoxy groups -OCH3 is 1. The fourth-order valence-corrected chi connectivity index (χ4v) is 3.79. The van der Waals surface area contributed by atoms with E-state index in [1.807, 2.05) is 48.7 Å². The summed E-state index contributed by atoms with van der Waals surface area (Å²) in [5.41, 5.74) is 6.03. The van der Waals surface area contributed by atoms with E-state index in [-0.39, 0.29) is 0 Å². The summed E-state index contributed by atoms with van der Waals surface area (Å²) in [6, 6.07) is 20.2. The maximum absolute atomic E-state index is 5.35. The molecule has 32 heavy (non-hydrogen) atoms. The van der Waals surface area contributed by atoms with Gasteiger partial charge in [0.25, 0.3) is 0 Å². The SMILES string of the molecule is COc1cncc(-c2cc(NCCc3c[nH]c4ccccc34)nc(-c3ccccn3)c2)c1. The summed E-state index contributed by atoms with van der Waals surface area (Å²) in [4.78, 5) is 16.9. The minimum atomic E-state index is 0.715. The van der Waals surface area contributed by atoms with E-state index in [2.05, 4.69) is 44.7 Å². The van der Waals surface area contributed by atoms with Gasteiger partial charge < -0.3 is 15.0 Å². The Morgan fingerprint density at radius 3 is 2.72 bits per heavy atom. The van der Waals surface area contributed by atoms with E-state index in [1.165, 1.54) is 10.9 Å². The normalized spacial score (nSPS) is 10.9. The van der Waals surface area contributed by atoms with E-state index < -0.39 is 0 Å². The van der Waals surface area contributed by atoms with Gasteiger partial charge in [-0.25, -0.2) is 4.98 Å². The lowest BCUT2D eigenvalue weighted by Crippen LogP contribution is -2.07. The fraction of sp³-hybridized carbons (Fsp3) is 0.115. The molecule has 158 valence electrons. The highest BCUT2D eigenvalue weighted by atomic mass is 16.5. The minimum Gasteiger partial charge on any atom is -0.495 e. The first-order valence-electron chi connectivity index (χ1n) is 10.5. The molecule has 0 saturated heterocycles. The number of fused-ring (bicyclic) bond motifs is 1. The Bertz CT molecular complexity index is 1350. The molecular weight excluding hydrogens is 398 g/mol. The molecule has 5 rings (SSSR count). The zero-order valence-electron chi connectivity index (χ0n) is 17.7. The van der Waals surface area contributed by atoms with Crippen LogP contribution >= 0.6 is 0 Å². The Morgan fingerprint density at radius 1 is 0.938 bits per heavy atom. The highest BCUT2D eigenvalue weighted by Crippen LogP contribution is 2.28. The number of hydrogen-bond donors (Lipinski definition) is 2. The molecule has 0 aliphatic rings. The lowest BCUT2D eigenvalue weighted by molar-refractivity contribution is 0.413. The van der Waals surface area contributed by atoms with E-state index in [9.17, 15) is 0 Å². The number of pyridine rings is 3. The maximum Gasteiger partial charge on any atom is 0.137 e. The van der Waals surface area contributed by atoms with Gasteiger partial charge in [-0.2, -0.15) is 0 Å². The molecule has 6 heteroatoms. The smallest absolute Gasteiger partial charge is 0.137 e. The van der Waals surface area contributed by atoms with Crippen molar-refractivity contribution in [2.45, 2.75) is 6.42 Å². The lowest BCUT2D eigenvalue weighted by atomic mass is 10.1. The Morgan fingerprint density at radius 2 is 1.84 bits per heavy atom. The second-order valence-corrected chi connectivity index (χ2v) is 7.49. The second kappa shape index (κ2) is 8.89. The largest absolute Gasteiger partial charge is 0.495 e. The van der Waals surface area contributed by atoms with Crippen molar-refractivity contribution in [3.63, 3.8) is 0 Å². The summed E-state index contributed by atoms with van der Waals surface area (Å²) in [7, 11) is 1.64. The molecule has 0 unspecified atom stereocenters. The topological polar surface area (TPSA) is 75.7 Å². The van der Waals surface area contributed by atoms with Crippen LogP contribution < -0.4 is 10.1 Å². The van der Waals surface area contributed by atoms with Crippen LogP contribution in [0.1, 0.15) is 5.56 Å². The van der Waals surface area contributed by atoms with Gasteiger partial charge in [-0.05, 0) is 53.9 Å². The van der Waals surface area contributed by atoms with Crippen molar-refractivity contribution in [2.24, 2.45) is 0 Å². The van der Waals surface area contributed by atoms with Gasteiger partial charge in [-0.1, -0.05) is 24.3 Å². The highest BCUT2D eigenvalue weighted by Gasteiger charge is 2.10. The Hall–Kier alpha value is -4.19. The molecule has 1 aromatic carbocycles. The van der Waals surface area contributed by atoms with Gasteiger partial charge in [-0.3, -0.25) is 9.97 Å². The number of benzene rings is 1. The van der Waals surface area contributed by atoms with Crippen molar-refractivity contribution in [1.82, 2.24) is 19.9 Å². The van der Waals surface area contributed by atoms with Crippen molar-refractivity contribution in [2.75, 3.05) is 19.0 Å². The first-order chi connectivity index (χ1) is 15.8. The molecule has 6 nitrogen and oxygen atoms in total. The zero-order valence-corrected chi connectivity index (χ0v) is 17.7. The van der Waals surface area contributed by atoms with E-state index in [0.29, 0.717) is 5.75 Å². The van der Waals surface area contributed by atoms with Gasteiger partial charge in [0.2, 0.25) is 0 Å². The monoisotopic (exact) mass is 421 g/mol. The van der Waals surface area contributed by atoms with Crippen molar-refractivity contribution in [1.29, 1.82) is 0 Å². The van der Waals surface area contributed by atoms with E-state index >= 15 is 0 Å². The number of nitrogens with one attached hydrogen (secondary N) is 2. The number of aromatic amines is 1. The van der Waals surface area contributed by atoms with Crippen molar-refractivity contribution >= 4 is 16.7 Å². The van der Waals surface area contributed by atoms with Crippen LogP contribution in [0.3, 0.4) is 0 Å². The molecule has 0 radical (unpaired) electrons. The Balaban J connectivity index is 1.44. The molecule has 0 spiro atoms. The van der Waals surface area contributed by atoms with Crippen molar-refractivity contribution in [3.05, 3.63) is 91.0 Å². The van der Waals surface area contributed by atoms with Gasteiger partial charge in [0.15, 0.2) is 0 Å². The standard InChI is InChI=1S/C26H23N5O/c1-32-21-12-20(15-27-17-21)19-13-25(24-8-4-5-10-28-24)31-26(14-19)29-11-9-18-16-30-23-7-3-2-6-22(18)23/h2-8,10,12-17,30H,9,11H2,1H3,(H,29,31). The number of anilines is 1. The number of ether oxygens (including phenoxy) is 1. The predicted octanol–water partition coefficient (Wildman–Crippen LogP) is 5.35. The van der Waals surface area contributed by atoms with Gasteiger partial charge >= 0.3 is 0 Å². The summed E-state index contributed by atoms with van der Waals surface area (Å²) in [6.07, 6.45) is 8.27. The first kappa shape index (κ1) is 19.8. The number of nitrogens with zero attached hydrogens (tertiary/aromatic N) is 3. The molecule has 0 atom stereocenters. The van der Waals surface area contributed by atoms with Crippen LogP contribution in [0.25, 0.3) is 33.4 Å². The van der Waals surface area contributed by atoms with Crippen LogP contribution in [0.5, 0.6) is 5.75 Å². The van der Waals surface area contributed by atoms with Gasteiger partial charge in [0.05, 0.1) is 24.7 Å². The summed E-state index contributed by atoms with van der Waals surface area (Å²) in [5, 5.41) is 4.75. The first-order valence-corrected chi connectivity index (χ1v) is 10.5. The van der Waals surface area contributed by atoms with Crippen LogP contribution in [-0.4, -0.2) is 33.6 Å². The average Bonchev–Trinajstić information content (AvgIpc) is 3.27. The van der Waals surface area contributed by atoms with Crippen LogP contribution in [0, 0.1) is 0 Å². The minimum absolute atomic E-state index is 0.715. The number of hydrogen-bond acceptors (Lipinski definition) is 5. The lowest BCUT2D eigenvalue weighted by Gasteiger charge is -2.11. The second-order valence-electron chi connectivity index (χ2n) is 7.49. The van der Waals surface area contributed by atoms with Gasteiger partial charge in [0.1, 0.15) is 11.6 Å². The number of rotatable bonds is 7. The molecule has 0 aliphatic heterocycles. The quantitative estimate of drug-likeness (QED) is 0.370. The molecule has 0 bridgehead atoms. The molecule has 5 aromatic rings. The Labute approximate surface area is 186 Å².